The molecule has 170 valence electrons. The molecule has 5 rings (SSSR count). The van der Waals surface area contributed by atoms with Gasteiger partial charge in [-0.3, -0.25) is 0 Å². The van der Waals surface area contributed by atoms with E-state index in [9.17, 15) is 5.11 Å². The average molecular weight is 443 g/mol. The second kappa shape index (κ2) is 9.67. The van der Waals surface area contributed by atoms with E-state index >= 15 is 0 Å². The Bertz CT molecular complexity index is 1150. The average Bonchev–Trinajstić information content (AvgIpc) is 3.01. The third-order valence-electron chi connectivity index (χ3n) is 6.80. The number of fused-ring (bicyclic) bond motifs is 2. The zero-order valence-corrected chi connectivity index (χ0v) is 19.0. The molecule has 3 heterocycles. The van der Waals surface area contributed by atoms with Gasteiger partial charge in [0.05, 0.1) is 7.11 Å². The van der Waals surface area contributed by atoms with Crippen LogP contribution in [0.1, 0.15) is 41.9 Å². The van der Waals surface area contributed by atoms with Crippen LogP contribution in [0.3, 0.4) is 0 Å². The van der Waals surface area contributed by atoms with Gasteiger partial charge in [0.25, 0.3) is 0 Å². The molecule has 1 aromatic heterocycles. The van der Waals surface area contributed by atoms with Gasteiger partial charge in [0, 0.05) is 30.3 Å². The number of rotatable bonds is 5. The standard InChI is InChI=1S/C28H30N2O3/c1-32-26-11-4-12-27-24(26)19-21(23-9-5-15-29-28(23)33-27)7-6-16-30-17-13-20(14-18-30)22-8-2-3-10-25(22)31/h2-5,7-12,15,20,31H,6,13-14,16-19H2,1H3/b21-7-. The van der Waals surface area contributed by atoms with Crippen molar-refractivity contribution in [3.8, 4) is 23.1 Å². The minimum Gasteiger partial charge on any atom is -0.508 e. The van der Waals surface area contributed by atoms with E-state index in [0.717, 1.165) is 73.5 Å². The molecule has 33 heavy (non-hydrogen) atoms. The number of hydrogen-bond acceptors (Lipinski definition) is 5. The maximum Gasteiger partial charge on any atom is 0.226 e. The van der Waals surface area contributed by atoms with Crippen molar-refractivity contribution in [2.45, 2.75) is 31.6 Å². The number of methoxy groups -OCH3 is 1. The second-order valence-electron chi connectivity index (χ2n) is 8.76. The van der Waals surface area contributed by atoms with Crippen LogP contribution in [-0.2, 0) is 6.42 Å². The van der Waals surface area contributed by atoms with Crippen LogP contribution in [0, 0.1) is 0 Å². The molecule has 1 fully saturated rings. The number of nitrogens with zero attached hydrogens (tertiary/aromatic N) is 2. The number of ether oxygens (including phenoxy) is 2. The lowest BCUT2D eigenvalue weighted by molar-refractivity contribution is 0.214. The van der Waals surface area contributed by atoms with Crippen LogP contribution in [0.25, 0.3) is 5.57 Å². The van der Waals surface area contributed by atoms with Crippen LogP contribution in [0.15, 0.2) is 66.9 Å². The fourth-order valence-electron chi connectivity index (χ4n) is 5.02. The molecule has 0 amide bonds. The highest BCUT2D eigenvalue weighted by Crippen LogP contribution is 2.41. The molecule has 2 aromatic carbocycles. The molecule has 1 N–H and O–H groups in total. The van der Waals surface area contributed by atoms with Crippen molar-refractivity contribution in [3.63, 3.8) is 0 Å². The van der Waals surface area contributed by atoms with Crippen molar-refractivity contribution in [2.24, 2.45) is 0 Å². The Morgan fingerprint density at radius 1 is 1.09 bits per heavy atom. The molecule has 0 spiro atoms. The molecule has 5 nitrogen and oxygen atoms in total. The summed E-state index contributed by atoms with van der Waals surface area (Å²) in [5, 5.41) is 10.2. The van der Waals surface area contributed by atoms with E-state index in [0.29, 0.717) is 17.5 Å². The zero-order chi connectivity index (χ0) is 22.6. The van der Waals surface area contributed by atoms with Gasteiger partial charge in [-0.15, -0.1) is 0 Å². The molecule has 0 aliphatic carbocycles. The highest BCUT2D eigenvalue weighted by molar-refractivity contribution is 5.74. The number of allylic oxidation sites excluding steroid dienone is 1. The Hall–Kier alpha value is -3.31. The number of para-hydroxylation sites is 1. The number of phenolic OH excluding ortho intramolecular Hbond substituents is 1. The first-order chi connectivity index (χ1) is 16.2. The maximum absolute atomic E-state index is 10.2. The quantitative estimate of drug-likeness (QED) is 0.541. The molecular formula is C28H30N2O3. The van der Waals surface area contributed by atoms with Crippen molar-refractivity contribution in [3.05, 3.63) is 83.6 Å². The van der Waals surface area contributed by atoms with Gasteiger partial charge in [-0.05, 0) is 79.7 Å². The predicted octanol–water partition coefficient (Wildman–Crippen LogP) is 5.80. The highest BCUT2D eigenvalue weighted by Gasteiger charge is 2.24. The molecule has 5 heteroatoms. The first-order valence-electron chi connectivity index (χ1n) is 11.7. The summed E-state index contributed by atoms with van der Waals surface area (Å²) in [6.45, 7) is 3.13. The number of benzene rings is 2. The fourth-order valence-corrected chi connectivity index (χ4v) is 5.02. The molecule has 3 aromatic rings. The van der Waals surface area contributed by atoms with Gasteiger partial charge in [-0.2, -0.15) is 0 Å². The second-order valence-corrected chi connectivity index (χ2v) is 8.76. The van der Waals surface area contributed by atoms with Gasteiger partial charge in [-0.1, -0.05) is 30.3 Å². The van der Waals surface area contributed by atoms with E-state index in [1.165, 1.54) is 5.57 Å². The summed E-state index contributed by atoms with van der Waals surface area (Å²) in [5.41, 5.74) is 4.43. The van der Waals surface area contributed by atoms with Crippen molar-refractivity contribution >= 4 is 5.57 Å². The first-order valence-corrected chi connectivity index (χ1v) is 11.7. The highest BCUT2D eigenvalue weighted by atomic mass is 16.5. The van der Waals surface area contributed by atoms with Crippen molar-refractivity contribution < 1.29 is 14.6 Å². The summed E-state index contributed by atoms with van der Waals surface area (Å²) >= 11 is 0. The SMILES string of the molecule is COc1cccc2c1C/C(=C/CCN1CCC(c3ccccc3O)CC1)c1cccnc1O2. The van der Waals surface area contributed by atoms with Crippen LogP contribution in [0.5, 0.6) is 23.1 Å². The van der Waals surface area contributed by atoms with Crippen LogP contribution in [0.2, 0.25) is 0 Å². The van der Waals surface area contributed by atoms with Gasteiger partial charge in [0.15, 0.2) is 0 Å². The molecule has 2 aliphatic rings. The Morgan fingerprint density at radius 2 is 1.94 bits per heavy atom. The predicted molar refractivity (Wildman–Crippen MR) is 130 cm³/mol. The third kappa shape index (κ3) is 4.60. The molecule has 0 bridgehead atoms. The summed E-state index contributed by atoms with van der Waals surface area (Å²) < 4.78 is 11.8. The topological polar surface area (TPSA) is 54.8 Å². The number of phenols is 1. The summed E-state index contributed by atoms with van der Waals surface area (Å²) in [6.07, 6.45) is 8.00. The van der Waals surface area contributed by atoms with Crippen LogP contribution in [-0.4, -0.2) is 41.7 Å². The summed E-state index contributed by atoms with van der Waals surface area (Å²) in [7, 11) is 1.70. The molecule has 2 aliphatic heterocycles. The number of aromatic hydroxyl groups is 1. The Labute approximate surface area is 195 Å². The molecular weight excluding hydrogens is 412 g/mol. The number of likely N-dealkylation sites (tertiary alicyclic amines) is 1. The number of pyridine rings is 1. The fraction of sp³-hybridized carbons (Fsp3) is 0.321. The smallest absolute Gasteiger partial charge is 0.226 e. The van der Waals surface area contributed by atoms with Crippen LogP contribution < -0.4 is 9.47 Å². The minimum atomic E-state index is 0.430. The molecule has 1 saturated heterocycles. The lowest BCUT2D eigenvalue weighted by Gasteiger charge is -2.32. The van der Waals surface area contributed by atoms with E-state index in [-0.39, 0.29) is 0 Å². The lowest BCUT2D eigenvalue weighted by Crippen LogP contribution is -2.33. The number of aromatic nitrogens is 1. The van der Waals surface area contributed by atoms with E-state index in [2.05, 4.69) is 28.1 Å². The molecule has 0 unspecified atom stereocenters. The Morgan fingerprint density at radius 3 is 2.76 bits per heavy atom. The Balaban J connectivity index is 1.28. The number of piperidine rings is 1. The van der Waals surface area contributed by atoms with Gasteiger partial charge in [-0.25, -0.2) is 4.98 Å². The maximum atomic E-state index is 10.2. The van der Waals surface area contributed by atoms with Gasteiger partial charge >= 0.3 is 0 Å². The van der Waals surface area contributed by atoms with E-state index < -0.39 is 0 Å². The lowest BCUT2D eigenvalue weighted by atomic mass is 9.89. The van der Waals surface area contributed by atoms with Crippen LogP contribution in [0.4, 0.5) is 0 Å². The van der Waals surface area contributed by atoms with Crippen molar-refractivity contribution in [2.75, 3.05) is 26.7 Å². The molecule has 0 atom stereocenters. The Kier molecular flexibility index (Phi) is 6.31. The monoisotopic (exact) mass is 442 g/mol. The third-order valence-corrected chi connectivity index (χ3v) is 6.80. The molecule has 0 radical (unpaired) electrons. The van der Waals surface area contributed by atoms with E-state index in [1.807, 2.05) is 36.4 Å². The summed E-state index contributed by atoms with van der Waals surface area (Å²) in [5.74, 6) is 3.18. The van der Waals surface area contributed by atoms with Crippen molar-refractivity contribution in [1.82, 2.24) is 9.88 Å². The van der Waals surface area contributed by atoms with Gasteiger partial charge in [0.2, 0.25) is 5.88 Å². The zero-order valence-electron chi connectivity index (χ0n) is 19.0. The van der Waals surface area contributed by atoms with Gasteiger partial charge < -0.3 is 19.5 Å². The van der Waals surface area contributed by atoms with E-state index in [1.54, 1.807) is 19.4 Å². The summed E-state index contributed by atoms with van der Waals surface area (Å²) in [6, 6.07) is 17.7. The molecule has 0 saturated carbocycles. The van der Waals surface area contributed by atoms with Crippen LogP contribution >= 0.6 is 0 Å². The number of hydrogen-bond donors (Lipinski definition) is 1. The minimum absolute atomic E-state index is 0.430. The van der Waals surface area contributed by atoms with E-state index in [4.69, 9.17) is 9.47 Å². The normalized spacial score (nSPS) is 17.7. The first kappa shape index (κ1) is 21.5. The van der Waals surface area contributed by atoms with Crippen molar-refractivity contribution in [1.29, 1.82) is 0 Å². The largest absolute Gasteiger partial charge is 0.508 e. The van der Waals surface area contributed by atoms with Gasteiger partial charge in [0.1, 0.15) is 17.2 Å². The summed E-state index contributed by atoms with van der Waals surface area (Å²) in [4.78, 5) is 7.02.